The molecule has 0 aliphatic heterocycles. The molecular weight excluding hydrogens is 412 g/mol. The van der Waals surface area contributed by atoms with Gasteiger partial charge in [-0.3, -0.25) is 19.6 Å². The van der Waals surface area contributed by atoms with Gasteiger partial charge in [-0.1, -0.05) is 62.4 Å². The summed E-state index contributed by atoms with van der Waals surface area (Å²) in [4.78, 5) is 27.7. The molecule has 1 atom stereocenters. The SMILES string of the molecule is CC(C)CC(C)n1c(=O)/c(=N/Nc2ccccc2)c(=O)n(-c2ccccc2)c2ccccc21. The van der Waals surface area contributed by atoms with Crippen LogP contribution in [0.3, 0.4) is 0 Å². The maximum atomic E-state index is 13.8. The van der Waals surface area contributed by atoms with Gasteiger partial charge in [0.1, 0.15) is 0 Å². The standard InChI is InChI=1S/C27H28N4O2/c1-19(2)18-20(3)30-23-16-10-11-17-24(23)31(22-14-8-5-9-15-22)27(33)25(26(30)32)29-28-21-12-6-4-7-13-21/h4-17,19-20,28H,18H2,1-3H3/b29-25-. The van der Waals surface area contributed by atoms with Crippen molar-refractivity contribution in [3.63, 3.8) is 0 Å². The summed E-state index contributed by atoms with van der Waals surface area (Å²) in [6.07, 6.45) is 0.791. The number of aromatic nitrogens is 2. The van der Waals surface area contributed by atoms with Gasteiger partial charge in [0, 0.05) is 11.7 Å². The fourth-order valence-electron chi connectivity index (χ4n) is 4.17. The van der Waals surface area contributed by atoms with Crippen LogP contribution in [0.1, 0.15) is 33.2 Å². The van der Waals surface area contributed by atoms with Crippen LogP contribution in [0.5, 0.6) is 0 Å². The molecule has 0 radical (unpaired) electrons. The minimum Gasteiger partial charge on any atom is -0.302 e. The van der Waals surface area contributed by atoms with Gasteiger partial charge in [-0.15, -0.1) is 0 Å². The van der Waals surface area contributed by atoms with Crippen molar-refractivity contribution in [2.24, 2.45) is 11.0 Å². The van der Waals surface area contributed by atoms with E-state index in [1.165, 1.54) is 0 Å². The molecule has 0 aliphatic carbocycles. The molecule has 0 amide bonds. The summed E-state index contributed by atoms with van der Waals surface area (Å²) < 4.78 is 3.28. The van der Waals surface area contributed by atoms with Gasteiger partial charge in [0.25, 0.3) is 11.1 Å². The Morgan fingerprint density at radius 1 is 0.758 bits per heavy atom. The molecule has 4 rings (SSSR count). The maximum Gasteiger partial charge on any atom is 0.289 e. The van der Waals surface area contributed by atoms with Crippen molar-refractivity contribution in [3.05, 3.63) is 111 Å². The van der Waals surface area contributed by atoms with Crippen LogP contribution in [-0.2, 0) is 0 Å². The number of para-hydroxylation sites is 4. The summed E-state index contributed by atoms with van der Waals surface area (Å²) in [5, 5.41) is 4.17. The fourth-order valence-corrected chi connectivity index (χ4v) is 4.17. The number of hydrogen-bond donors (Lipinski definition) is 1. The minimum absolute atomic E-state index is 0.121. The van der Waals surface area contributed by atoms with Crippen molar-refractivity contribution in [2.45, 2.75) is 33.2 Å². The third-order valence-corrected chi connectivity index (χ3v) is 5.55. The number of fused-ring (bicyclic) bond motifs is 1. The Labute approximate surface area is 192 Å². The van der Waals surface area contributed by atoms with E-state index in [0.29, 0.717) is 28.3 Å². The zero-order valence-electron chi connectivity index (χ0n) is 19.1. The van der Waals surface area contributed by atoms with Gasteiger partial charge in [0.15, 0.2) is 0 Å². The molecule has 3 aromatic carbocycles. The van der Waals surface area contributed by atoms with Crippen LogP contribution in [0.2, 0.25) is 0 Å². The Bertz CT molecular complexity index is 1440. The lowest BCUT2D eigenvalue weighted by molar-refractivity contribution is 0.428. The monoisotopic (exact) mass is 440 g/mol. The normalized spacial score (nSPS) is 12.8. The van der Waals surface area contributed by atoms with E-state index in [4.69, 9.17) is 0 Å². The van der Waals surface area contributed by atoms with Crippen molar-refractivity contribution in [1.29, 1.82) is 0 Å². The first-order chi connectivity index (χ1) is 16.0. The lowest BCUT2D eigenvalue weighted by Crippen LogP contribution is -2.45. The van der Waals surface area contributed by atoms with E-state index in [-0.39, 0.29) is 11.4 Å². The molecule has 1 unspecified atom stereocenters. The van der Waals surface area contributed by atoms with Crippen molar-refractivity contribution < 1.29 is 0 Å². The number of anilines is 1. The summed E-state index contributed by atoms with van der Waals surface area (Å²) in [6, 6.07) is 26.0. The highest BCUT2D eigenvalue weighted by molar-refractivity contribution is 5.76. The molecule has 0 saturated carbocycles. The molecule has 0 saturated heterocycles. The topological polar surface area (TPSA) is 68.4 Å². The number of benzene rings is 3. The molecule has 0 bridgehead atoms. The molecule has 1 N–H and O–H groups in total. The zero-order chi connectivity index (χ0) is 23.4. The number of rotatable bonds is 6. The van der Waals surface area contributed by atoms with Crippen molar-refractivity contribution in [2.75, 3.05) is 5.43 Å². The summed E-state index contributed by atoms with van der Waals surface area (Å²) in [5.41, 5.74) is 4.73. The summed E-state index contributed by atoms with van der Waals surface area (Å²) in [7, 11) is 0. The fraction of sp³-hybridized carbons (Fsp3) is 0.222. The van der Waals surface area contributed by atoms with Gasteiger partial charge in [-0.2, -0.15) is 5.10 Å². The third-order valence-electron chi connectivity index (χ3n) is 5.55. The van der Waals surface area contributed by atoms with E-state index in [1.807, 2.05) is 91.9 Å². The molecule has 6 nitrogen and oxygen atoms in total. The maximum absolute atomic E-state index is 13.8. The first-order valence-electron chi connectivity index (χ1n) is 11.2. The second-order valence-corrected chi connectivity index (χ2v) is 8.56. The number of hydrogen-bond acceptors (Lipinski definition) is 4. The van der Waals surface area contributed by atoms with E-state index in [2.05, 4.69) is 24.4 Å². The quantitative estimate of drug-likeness (QED) is 0.443. The molecule has 33 heavy (non-hydrogen) atoms. The Kier molecular flexibility index (Phi) is 6.54. The molecule has 0 spiro atoms. The predicted molar refractivity (Wildman–Crippen MR) is 134 cm³/mol. The third kappa shape index (κ3) is 4.65. The first kappa shape index (κ1) is 22.3. The molecule has 0 fully saturated rings. The van der Waals surface area contributed by atoms with Gasteiger partial charge >= 0.3 is 0 Å². The predicted octanol–water partition coefficient (Wildman–Crippen LogP) is 4.69. The van der Waals surface area contributed by atoms with E-state index in [0.717, 1.165) is 6.42 Å². The van der Waals surface area contributed by atoms with Gasteiger partial charge in [-0.05, 0) is 55.7 Å². The number of nitrogens with zero attached hydrogens (tertiary/aromatic N) is 3. The van der Waals surface area contributed by atoms with Crippen molar-refractivity contribution in [3.8, 4) is 5.69 Å². The van der Waals surface area contributed by atoms with Crippen LogP contribution in [0.15, 0.2) is 99.6 Å². The average Bonchev–Trinajstić information content (AvgIpc) is 2.90. The van der Waals surface area contributed by atoms with Crippen LogP contribution in [0, 0.1) is 5.92 Å². The lowest BCUT2D eigenvalue weighted by atomic mass is 10.0. The molecule has 0 aliphatic rings. The van der Waals surface area contributed by atoms with Crippen molar-refractivity contribution in [1.82, 2.24) is 9.13 Å². The molecule has 1 heterocycles. The van der Waals surface area contributed by atoms with Gasteiger partial charge in [0.05, 0.1) is 16.7 Å². The molecule has 4 aromatic rings. The van der Waals surface area contributed by atoms with E-state index >= 15 is 0 Å². The molecule has 168 valence electrons. The Hall–Kier alpha value is -3.93. The van der Waals surface area contributed by atoms with Gasteiger partial charge in [-0.25, -0.2) is 0 Å². The van der Waals surface area contributed by atoms with E-state index in [9.17, 15) is 9.59 Å². The smallest absolute Gasteiger partial charge is 0.289 e. The minimum atomic E-state index is -0.471. The first-order valence-corrected chi connectivity index (χ1v) is 11.2. The highest BCUT2D eigenvalue weighted by atomic mass is 16.1. The molecular formula is C27H28N4O2. The summed E-state index contributed by atoms with van der Waals surface area (Å²) >= 11 is 0. The molecule has 6 heteroatoms. The van der Waals surface area contributed by atoms with Gasteiger partial charge in [0.2, 0.25) is 5.36 Å². The zero-order valence-corrected chi connectivity index (χ0v) is 19.1. The van der Waals surface area contributed by atoms with Crippen molar-refractivity contribution >= 4 is 16.7 Å². The second-order valence-electron chi connectivity index (χ2n) is 8.56. The highest BCUT2D eigenvalue weighted by Gasteiger charge is 2.17. The van der Waals surface area contributed by atoms with E-state index in [1.54, 1.807) is 9.13 Å². The summed E-state index contributed by atoms with van der Waals surface area (Å²) in [5.74, 6) is 0.381. The summed E-state index contributed by atoms with van der Waals surface area (Å²) in [6.45, 7) is 6.26. The van der Waals surface area contributed by atoms with Crippen LogP contribution in [-0.4, -0.2) is 9.13 Å². The van der Waals surface area contributed by atoms with Crippen LogP contribution in [0.25, 0.3) is 16.7 Å². The largest absolute Gasteiger partial charge is 0.302 e. The van der Waals surface area contributed by atoms with Crippen LogP contribution in [0.4, 0.5) is 5.69 Å². The highest BCUT2D eigenvalue weighted by Crippen LogP contribution is 2.21. The van der Waals surface area contributed by atoms with E-state index < -0.39 is 11.1 Å². The second kappa shape index (κ2) is 9.69. The molecule has 1 aromatic heterocycles. The Morgan fingerprint density at radius 2 is 1.33 bits per heavy atom. The van der Waals surface area contributed by atoms with Crippen LogP contribution >= 0.6 is 0 Å². The number of nitrogens with one attached hydrogen (secondary N) is 1. The average molecular weight is 441 g/mol. The van der Waals surface area contributed by atoms with Gasteiger partial charge < -0.3 is 4.57 Å². The lowest BCUT2D eigenvalue weighted by Gasteiger charge is -2.18. The Morgan fingerprint density at radius 3 is 1.97 bits per heavy atom. The van der Waals surface area contributed by atoms with Crippen LogP contribution < -0.4 is 21.9 Å². The Balaban J connectivity index is 2.14.